The summed E-state index contributed by atoms with van der Waals surface area (Å²) in [6, 6.07) is 13.8. The molecule has 0 unspecified atom stereocenters. The van der Waals surface area contributed by atoms with E-state index in [1.807, 2.05) is 49.4 Å². The van der Waals surface area contributed by atoms with E-state index in [0.717, 1.165) is 26.3 Å². The maximum atomic E-state index is 6.09. The Hall–Kier alpha value is -1.10. The van der Waals surface area contributed by atoms with Crippen molar-refractivity contribution in [1.29, 1.82) is 0 Å². The van der Waals surface area contributed by atoms with Gasteiger partial charge < -0.3 is 10.6 Å². The lowest BCUT2D eigenvalue weighted by Crippen LogP contribution is -2.27. The van der Waals surface area contributed by atoms with E-state index < -0.39 is 0 Å². The zero-order valence-corrected chi connectivity index (χ0v) is 14.1. The third kappa shape index (κ3) is 4.47. The van der Waals surface area contributed by atoms with E-state index in [4.69, 9.17) is 23.8 Å². The lowest BCUT2D eigenvalue weighted by atomic mass is 10.1. The van der Waals surface area contributed by atoms with Crippen molar-refractivity contribution in [1.82, 2.24) is 5.32 Å². The molecule has 104 valence electrons. The maximum absolute atomic E-state index is 6.09. The number of rotatable bonds is 3. The van der Waals surface area contributed by atoms with Gasteiger partial charge in [-0.1, -0.05) is 39.7 Å². The molecule has 2 rings (SSSR count). The molecule has 0 spiro atoms. The molecule has 0 aliphatic carbocycles. The Balaban J connectivity index is 1.88. The third-order valence-corrected chi connectivity index (χ3v) is 3.97. The van der Waals surface area contributed by atoms with Gasteiger partial charge in [-0.15, -0.1) is 0 Å². The SMILES string of the molecule is Cc1ccc(CNC(=S)Nc2ccc(Br)cc2)cc1Cl. The fourth-order valence-corrected chi connectivity index (χ4v) is 2.29. The van der Waals surface area contributed by atoms with E-state index in [1.54, 1.807) is 0 Å². The highest BCUT2D eigenvalue weighted by molar-refractivity contribution is 9.10. The molecule has 2 aromatic carbocycles. The Kier molecular flexibility index (Phi) is 5.40. The number of hydrogen-bond donors (Lipinski definition) is 2. The second-order valence-electron chi connectivity index (χ2n) is 4.40. The Morgan fingerprint density at radius 3 is 2.55 bits per heavy atom. The van der Waals surface area contributed by atoms with Crippen molar-refractivity contribution in [3.8, 4) is 0 Å². The number of hydrogen-bond acceptors (Lipinski definition) is 1. The van der Waals surface area contributed by atoms with Gasteiger partial charge in [-0.3, -0.25) is 0 Å². The lowest BCUT2D eigenvalue weighted by molar-refractivity contribution is 0.925. The summed E-state index contributed by atoms with van der Waals surface area (Å²) in [5.41, 5.74) is 3.12. The van der Waals surface area contributed by atoms with Crippen LogP contribution in [0, 0.1) is 6.92 Å². The van der Waals surface area contributed by atoms with Crippen molar-refractivity contribution in [3.63, 3.8) is 0 Å². The van der Waals surface area contributed by atoms with Crippen LogP contribution >= 0.6 is 39.7 Å². The van der Waals surface area contributed by atoms with Crippen LogP contribution in [0.5, 0.6) is 0 Å². The van der Waals surface area contributed by atoms with Crippen molar-refractivity contribution in [2.24, 2.45) is 0 Å². The van der Waals surface area contributed by atoms with Crippen molar-refractivity contribution in [2.45, 2.75) is 13.5 Å². The first-order chi connectivity index (χ1) is 9.54. The summed E-state index contributed by atoms with van der Waals surface area (Å²) in [7, 11) is 0. The van der Waals surface area contributed by atoms with Crippen LogP contribution in [-0.4, -0.2) is 5.11 Å². The van der Waals surface area contributed by atoms with E-state index in [9.17, 15) is 0 Å². The molecule has 0 aliphatic rings. The summed E-state index contributed by atoms with van der Waals surface area (Å²) in [5, 5.41) is 7.65. The van der Waals surface area contributed by atoms with Crippen LogP contribution in [-0.2, 0) is 6.54 Å². The highest BCUT2D eigenvalue weighted by Crippen LogP contribution is 2.17. The summed E-state index contributed by atoms with van der Waals surface area (Å²) >= 11 is 14.7. The van der Waals surface area contributed by atoms with E-state index in [-0.39, 0.29) is 0 Å². The zero-order valence-electron chi connectivity index (χ0n) is 10.9. The van der Waals surface area contributed by atoms with Crippen molar-refractivity contribution in [2.75, 3.05) is 5.32 Å². The van der Waals surface area contributed by atoms with Crippen LogP contribution in [0.25, 0.3) is 0 Å². The van der Waals surface area contributed by atoms with Gasteiger partial charge in [0.1, 0.15) is 0 Å². The van der Waals surface area contributed by atoms with Gasteiger partial charge in [0.15, 0.2) is 5.11 Å². The van der Waals surface area contributed by atoms with Gasteiger partial charge in [-0.05, 0) is 60.6 Å². The molecule has 20 heavy (non-hydrogen) atoms. The van der Waals surface area contributed by atoms with Gasteiger partial charge in [-0.25, -0.2) is 0 Å². The van der Waals surface area contributed by atoms with Crippen LogP contribution in [0.15, 0.2) is 46.9 Å². The van der Waals surface area contributed by atoms with Crippen LogP contribution in [0.1, 0.15) is 11.1 Å². The second-order valence-corrected chi connectivity index (χ2v) is 6.13. The van der Waals surface area contributed by atoms with Gasteiger partial charge in [-0.2, -0.15) is 0 Å². The smallest absolute Gasteiger partial charge is 0.171 e. The van der Waals surface area contributed by atoms with Crippen molar-refractivity contribution in [3.05, 3.63) is 63.1 Å². The number of halogens is 2. The number of anilines is 1. The first kappa shape index (κ1) is 15.3. The maximum Gasteiger partial charge on any atom is 0.171 e. The molecule has 0 aliphatic heterocycles. The molecule has 0 bridgehead atoms. The second kappa shape index (κ2) is 7.07. The van der Waals surface area contributed by atoms with E-state index in [2.05, 4.69) is 26.6 Å². The fourth-order valence-electron chi connectivity index (χ4n) is 1.64. The molecule has 0 fully saturated rings. The van der Waals surface area contributed by atoms with E-state index in [0.29, 0.717) is 11.7 Å². The summed E-state index contributed by atoms with van der Waals surface area (Å²) in [5.74, 6) is 0. The van der Waals surface area contributed by atoms with Gasteiger partial charge in [0.05, 0.1) is 0 Å². The van der Waals surface area contributed by atoms with Crippen molar-refractivity contribution >= 4 is 50.5 Å². The molecule has 0 amide bonds. The summed E-state index contributed by atoms with van der Waals surface area (Å²) < 4.78 is 1.04. The minimum atomic E-state index is 0.587. The molecule has 0 saturated heterocycles. The predicted molar refractivity (Wildman–Crippen MR) is 93.4 cm³/mol. The Bertz CT molecular complexity index is 614. The lowest BCUT2D eigenvalue weighted by Gasteiger charge is -2.11. The van der Waals surface area contributed by atoms with Gasteiger partial charge >= 0.3 is 0 Å². The molecular formula is C15H14BrClN2S. The average Bonchev–Trinajstić information content (AvgIpc) is 2.43. The largest absolute Gasteiger partial charge is 0.358 e. The standard InChI is InChI=1S/C15H14BrClN2S/c1-10-2-3-11(8-14(10)17)9-18-15(20)19-13-6-4-12(16)5-7-13/h2-8H,9H2,1H3,(H2,18,19,20). The molecule has 5 heteroatoms. The van der Waals surface area contributed by atoms with Gasteiger partial charge in [0.25, 0.3) is 0 Å². The van der Waals surface area contributed by atoms with E-state index in [1.165, 1.54) is 0 Å². The predicted octanol–water partition coefficient (Wildman–Crippen LogP) is 4.90. The fraction of sp³-hybridized carbons (Fsp3) is 0.133. The quantitative estimate of drug-likeness (QED) is 0.753. The first-order valence-electron chi connectivity index (χ1n) is 6.10. The average molecular weight is 370 g/mol. The summed E-state index contributed by atoms with van der Waals surface area (Å²) in [4.78, 5) is 0. The summed E-state index contributed by atoms with van der Waals surface area (Å²) in [6.45, 7) is 2.63. The minimum Gasteiger partial charge on any atom is -0.358 e. The molecule has 0 heterocycles. The number of nitrogens with one attached hydrogen (secondary N) is 2. The molecule has 2 N–H and O–H groups in total. The highest BCUT2D eigenvalue weighted by atomic mass is 79.9. The molecule has 0 atom stereocenters. The highest BCUT2D eigenvalue weighted by Gasteiger charge is 2.00. The Labute approximate surface area is 137 Å². The van der Waals surface area contributed by atoms with E-state index >= 15 is 0 Å². The topological polar surface area (TPSA) is 24.1 Å². The molecular weight excluding hydrogens is 356 g/mol. The first-order valence-corrected chi connectivity index (χ1v) is 7.68. The van der Waals surface area contributed by atoms with Crippen LogP contribution in [0.3, 0.4) is 0 Å². The molecule has 2 nitrogen and oxygen atoms in total. The van der Waals surface area contributed by atoms with Crippen molar-refractivity contribution < 1.29 is 0 Å². The molecule has 2 aromatic rings. The number of aryl methyl sites for hydroxylation is 1. The Morgan fingerprint density at radius 2 is 1.90 bits per heavy atom. The number of thiocarbonyl (C=S) groups is 1. The van der Waals surface area contributed by atoms with Crippen LogP contribution in [0.2, 0.25) is 5.02 Å². The normalized spacial score (nSPS) is 10.2. The summed E-state index contributed by atoms with van der Waals surface area (Å²) in [6.07, 6.45) is 0. The number of benzene rings is 2. The minimum absolute atomic E-state index is 0.587. The molecule has 0 radical (unpaired) electrons. The van der Waals surface area contributed by atoms with Gasteiger partial charge in [0, 0.05) is 21.7 Å². The monoisotopic (exact) mass is 368 g/mol. The van der Waals surface area contributed by atoms with Crippen LogP contribution in [0.4, 0.5) is 5.69 Å². The zero-order chi connectivity index (χ0) is 14.5. The molecule has 0 saturated carbocycles. The van der Waals surface area contributed by atoms with Crippen LogP contribution < -0.4 is 10.6 Å². The Morgan fingerprint density at radius 1 is 1.20 bits per heavy atom. The van der Waals surface area contributed by atoms with Gasteiger partial charge in [0.2, 0.25) is 0 Å². The third-order valence-electron chi connectivity index (χ3n) is 2.79. The molecule has 0 aromatic heterocycles.